The number of halogens is 4. The second-order valence-corrected chi connectivity index (χ2v) is 33.7. The number of aliphatic hydroxyl groups is 1. The van der Waals surface area contributed by atoms with Crippen LogP contribution >= 0.6 is 0 Å². The Balaban J connectivity index is 0.000000136. The van der Waals surface area contributed by atoms with Gasteiger partial charge in [0.25, 0.3) is 0 Å². The zero-order valence-electron chi connectivity index (χ0n) is 70.5. The number of amides is 1. The topological polar surface area (TPSA) is 297 Å². The first kappa shape index (κ1) is 87.6. The molecule has 3 aliphatic rings. The normalized spacial score (nSPS) is 12.5. The van der Waals surface area contributed by atoms with Crippen molar-refractivity contribution in [1.82, 2.24) is 60.1 Å². The van der Waals surface area contributed by atoms with Crippen molar-refractivity contribution < 1.29 is 50.1 Å². The van der Waals surface area contributed by atoms with Crippen molar-refractivity contribution in [2.45, 2.75) is 97.9 Å². The third kappa shape index (κ3) is 24.8. The van der Waals surface area contributed by atoms with E-state index in [0.717, 1.165) is 116 Å². The van der Waals surface area contributed by atoms with Crippen LogP contribution in [0, 0.1) is 37.1 Å². The number of nitrogens with one attached hydrogen (secondary N) is 7. The van der Waals surface area contributed by atoms with Gasteiger partial charge < -0.3 is 60.8 Å². The van der Waals surface area contributed by atoms with Crippen LogP contribution in [-0.2, 0) is 59.6 Å². The van der Waals surface area contributed by atoms with E-state index >= 15 is 0 Å². The minimum absolute atomic E-state index is 0.0357. The molecule has 0 aliphatic heterocycles. The summed E-state index contributed by atoms with van der Waals surface area (Å²) in [5.74, 6) is 4.31. The van der Waals surface area contributed by atoms with Gasteiger partial charge in [-0.2, -0.15) is 9.97 Å². The molecule has 0 atom stereocenters. The van der Waals surface area contributed by atoms with Crippen molar-refractivity contribution >= 4 is 96.0 Å². The fourth-order valence-electron chi connectivity index (χ4n) is 14.4. The second-order valence-electron chi connectivity index (χ2n) is 31.5. The molecule has 17 rings (SSSR count). The molecule has 6 aromatic heterocycles. The summed E-state index contributed by atoms with van der Waals surface area (Å²) in [7, 11) is 1.04. The molecule has 28 heteroatoms. The molecule has 3 aliphatic carbocycles. The first-order chi connectivity index (χ1) is 60.4. The van der Waals surface area contributed by atoms with Crippen LogP contribution in [0.15, 0.2) is 218 Å². The smallest absolute Gasteiger partial charge is 0.229 e. The number of hydrogen-bond donors (Lipinski definition) is 8. The summed E-state index contributed by atoms with van der Waals surface area (Å²) >= 11 is 0. The summed E-state index contributed by atoms with van der Waals surface area (Å²) in [6, 6.07) is 56.2. The number of nitrogens with zero attached hydrogens (tertiary/aromatic N) is 9. The highest BCUT2D eigenvalue weighted by molar-refractivity contribution is 7.90. The van der Waals surface area contributed by atoms with Crippen LogP contribution < -0.4 is 40.8 Å². The summed E-state index contributed by atoms with van der Waals surface area (Å²) in [4.78, 5) is 55.9. The van der Waals surface area contributed by atoms with Crippen molar-refractivity contribution in [3.05, 3.63) is 326 Å². The van der Waals surface area contributed by atoms with Crippen LogP contribution in [0.4, 0.5) is 63.8 Å². The summed E-state index contributed by atoms with van der Waals surface area (Å²) in [5, 5.41) is 25.6. The highest BCUT2D eigenvalue weighted by atomic mass is 32.2. The number of likely N-dealkylation sites (N-methyl/N-ethyl adjacent to an activating group) is 1. The van der Waals surface area contributed by atoms with Gasteiger partial charge in [0.05, 0.1) is 36.8 Å². The number of carbonyl (C=O) groups excluding carboxylic acids is 1. The van der Waals surface area contributed by atoms with E-state index in [-0.39, 0.29) is 48.1 Å². The number of aromatic amines is 2. The fourth-order valence-corrected chi connectivity index (χ4v) is 15.1. The van der Waals surface area contributed by atoms with Gasteiger partial charge >= 0.3 is 0 Å². The third-order valence-corrected chi connectivity index (χ3v) is 21.5. The first-order valence-corrected chi connectivity index (χ1v) is 43.3. The molecule has 125 heavy (non-hydrogen) atoms. The lowest BCUT2D eigenvalue weighted by Gasteiger charge is -2.12. The Hall–Kier alpha value is -13.7. The van der Waals surface area contributed by atoms with Gasteiger partial charge in [0.15, 0.2) is 11.6 Å². The molecule has 1 saturated carbocycles. The van der Waals surface area contributed by atoms with Crippen molar-refractivity contribution in [2.24, 2.45) is 0 Å². The number of benzene rings is 8. The van der Waals surface area contributed by atoms with E-state index in [1.165, 1.54) is 6.26 Å². The Morgan fingerprint density at radius 3 is 1.61 bits per heavy atom. The number of fused-ring (bicyclic) bond motifs is 4. The number of hydrogen-bond acceptors (Lipinski definition) is 20. The summed E-state index contributed by atoms with van der Waals surface area (Å²) in [5.41, 5.74) is 17.0. The SMILES string of the molecule is CC1=Cc2c(ccc(Nc3ccnc(Nc4cccc(CC(=O)NC5CC5)c4)n3)c2F)C1.CC1=Cc2c(ccc(Nc3ccnc(Nc4cccc(OCCCS(C)(=O)=O)c4)n3)c2F)C1.Cc1cc2c(F)c(Cc3ccnc(Cc4cccc(OCCN(C)C)c4)n3)ccc2[nH]1.Cc1cc2c(F)c(Cc3ccnc(Cc4ccccc4OCCO)n3)ccc2[nH]1. The van der Waals surface area contributed by atoms with Crippen molar-refractivity contribution in [3.8, 4) is 17.2 Å². The molecule has 8 aromatic carbocycles. The van der Waals surface area contributed by atoms with E-state index in [4.69, 9.17) is 19.3 Å². The molecule has 0 spiro atoms. The number of aromatic nitrogens is 10. The number of sulfone groups is 1. The van der Waals surface area contributed by atoms with Crippen LogP contribution in [0.3, 0.4) is 0 Å². The average Bonchev–Trinajstić information content (AvgIpc) is 1.69. The largest absolute Gasteiger partial charge is 0.493 e. The molecule has 0 unspecified atom stereocenters. The maximum atomic E-state index is 14.9. The van der Waals surface area contributed by atoms with E-state index < -0.39 is 9.84 Å². The molecule has 0 saturated heterocycles. The number of ether oxygens (including phenoxy) is 3. The number of anilines is 8. The van der Waals surface area contributed by atoms with E-state index in [1.807, 2.05) is 193 Å². The monoisotopic (exact) mass is 1710 g/mol. The van der Waals surface area contributed by atoms with E-state index in [9.17, 15) is 30.8 Å². The molecular weight excluding hydrogens is 1610 g/mol. The molecule has 6 heterocycles. The highest BCUT2D eigenvalue weighted by Gasteiger charge is 2.25. The number of para-hydroxylation sites is 1. The standard InChI is InChI=1S/C25H24FN5O.C25H27FN4O.C24H25FN4O3S.C23H22FN3O2/c1-15-11-17-5-8-21(24(26)20(17)12-15)30-22-9-10-27-25(31-22)29-19-4-2-3-16(13-19)14-23(32)28-18-6-7-18;1-17-13-22-23(28-17)8-7-19(25(22)26)16-20-9-10-27-24(29-20)15-18-5-4-6-21(14-18)31-12-11-30(2)3;1-16-13-17-7-8-21(23(25)20(17)14-16)28-22-9-10-26-24(29-22)27-18-5-3-6-19(15-18)32-11-4-12-33(2,30)31;1-15-12-19-20(26-15)7-6-17(23(19)24)13-18-8-9-25-22(27-18)14-16-4-2-3-5-21(16)29-11-10-28/h2-5,8-10,12-13,18H,6-7,11,14H2,1H3,(H,28,32)(H2,27,29,30,31);4-10,13-14,28H,11-12,15-16H2,1-3H3;3,5-10,14-15H,4,11-13H2,1-2H3,(H2,26,27,28,29);2-9,12,26,28H,10-11,13-14H2,1H3. The molecule has 0 bridgehead atoms. The summed E-state index contributed by atoms with van der Waals surface area (Å²) < 4.78 is 99.1. The number of aliphatic hydroxyl groups excluding tert-OH is 1. The van der Waals surface area contributed by atoms with Crippen LogP contribution in [0.5, 0.6) is 17.2 Å². The predicted octanol–water partition coefficient (Wildman–Crippen LogP) is 18.2. The maximum Gasteiger partial charge on any atom is 0.229 e. The molecule has 8 N–H and O–H groups in total. The first-order valence-electron chi connectivity index (χ1n) is 41.2. The van der Waals surface area contributed by atoms with Gasteiger partial charge in [-0.25, -0.2) is 55.9 Å². The molecule has 0 radical (unpaired) electrons. The van der Waals surface area contributed by atoms with Crippen LogP contribution in [0.1, 0.15) is 118 Å². The van der Waals surface area contributed by atoms with Crippen LogP contribution in [-0.4, -0.2) is 139 Å². The predicted molar refractivity (Wildman–Crippen MR) is 483 cm³/mol. The molecule has 1 amide bonds. The van der Waals surface area contributed by atoms with E-state index in [2.05, 4.69) is 81.3 Å². The van der Waals surface area contributed by atoms with Gasteiger partial charge in [-0.05, 0) is 210 Å². The number of aryl methyl sites for hydroxylation is 2. The fraction of sp³-hybridized carbons (Fsp3) is 0.247. The third-order valence-electron chi connectivity index (χ3n) is 20.5. The van der Waals surface area contributed by atoms with Gasteiger partial charge in [0.1, 0.15) is 75.2 Å². The van der Waals surface area contributed by atoms with Gasteiger partial charge in [-0.3, -0.25) is 4.79 Å². The lowest BCUT2D eigenvalue weighted by Crippen LogP contribution is -2.26. The van der Waals surface area contributed by atoms with Crippen molar-refractivity contribution in [3.63, 3.8) is 0 Å². The van der Waals surface area contributed by atoms with Crippen molar-refractivity contribution in [1.29, 1.82) is 0 Å². The summed E-state index contributed by atoms with van der Waals surface area (Å²) in [6.07, 6.45) is 18.0. The number of allylic oxidation sites excluding steroid dienone is 2. The zero-order chi connectivity index (χ0) is 87.5. The minimum Gasteiger partial charge on any atom is -0.493 e. The lowest BCUT2D eigenvalue weighted by atomic mass is 10.1. The Morgan fingerprint density at radius 1 is 0.512 bits per heavy atom. The average molecular weight is 1710 g/mol. The molecule has 23 nitrogen and oxygen atoms in total. The number of rotatable bonds is 31. The Bertz CT molecular complexity index is 6380. The van der Waals surface area contributed by atoms with Gasteiger partial charge in [0, 0.05) is 148 Å². The Morgan fingerprint density at radius 2 is 1.04 bits per heavy atom. The zero-order valence-corrected chi connectivity index (χ0v) is 71.3. The number of carbonyl (C=O) groups is 1. The number of H-pyrrole nitrogens is 2. The van der Waals surface area contributed by atoms with Crippen LogP contribution in [0.2, 0.25) is 0 Å². The second kappa shape index (κ2) is 41.0. The quantitative estimate of drug-likeness (QED) is 0.0148. The molecule has 1 fully saturated rings. The molecule has 642 valence electrons. The highest BCUT2D eigenvalue weighted by Crippen LogP contribution is 2.36. The minimum atomic E-state index is -3.00. The Labute approximate surface area is 723 Å². The maximum absolute atomic E-state index is 14.9. The van der Waals surface area contributed by atoms with Crippen LogP contribution in [0.25, 0.3) is 34.0 Å². The van der Waals surface area contributed by atoms with Gasteiger partial charge in [-0.1, -0.05) is 96.1 Å². The summed E-state index contributed by atoms with van der Waals surface area (Å²) in [6.45, 7) is 9.83. The van der Waals surface area contributed by atoms with Gasteiger partial charge in [-0.15, -0.1) is 0 Å². The van der Waals surface area contributed by atoms with Crippen molar-refractivity contribution in [2.75, 3.05) is 80.3 Å². The Kier molecular flexibility index (Phi) is 28.7. The lowest BCUT2D eigenvalue weighted by molar-refractivity contribution is -0.120. The van der Waals surface area contributed by atoms with E-state index in [1.54, 1.807) is 67.3 Å². The van der Waals surface area contributed by atoms with E-state index in [0.29, 0.717) is 155 Å². The molecular formula is C97H98F4N16O7S. The van der Waals surface area contributed by atoms with Gasteiger partial charge in [0.2, 0.25) is 17.8 Å². The molecule has 14 aromatic rings.